The predicted octanol–water partition coefficient (Wildman–Crippen LogP) is 3.63. The Hall–Kier alpha value is -2.93. The third-order valence-electron chi connectivity index (χ3n) is 2.93. The minimum atomic E-state index is 0.560. The number of nitrogen functional groups attached to an aromatic ring is 1. The van der Waals surface area contributed by atoms with Gasteiger partial charge in [0.2, 0.25) is 0 Å². The van der Waals surface area contributed by atoms with Gasteiger partial charge < -0.3 is 15.5 Å². The number of fused-ring (bicyclic) bond motifs is 1. The first-order valence-electron chi connectivity index (χ1n) is 5.81. The highest BCUT2D eigenvalue weighted by molar-refractivity contribution is 5.93. The molecule has 0 saturated heterocycles. The van der Waals surface area contributed by atoms with Crippen molar-refractivity contribution in [1.29, 1.82) is 5.26 Å². The molecular formula is C15H11N3O. The summed E-state index contributed by atoms with van der Waals surface area (Å²) >= 11 is 0. The second-order valence-electron chi connectivity index (χ2n) is 4.18. The summed E-state index contributed by atoms with van der Waals surface area (Å²) in [6, 6.07) is 14.9. The van der Waals surface area contributed by atoms with Gasteiger partial charge in [0.15, 0.2) is 0 Å². The number of furan rings is 1. The topological polar surface area (TPSA) is 75.0 Å². The van der Waals surface area contributed by atoms with Crippen molar-refractivity contribution in [2.24, 2.45) is 0 Å². The maximum Gasteiger partial charge on any atom is 0.136 e. The Balaban J connectivity index is 2.04. The van der Waals surface area contributed by atoms with Crippen molar-refractivity contribution in [2.75, 3.05) is 11.1 Å². The number of nitrogens with zero attached hydrogens (tertiary/aromatic N) is 1. The first-order chi connectivity index (χ1) is 9.28. The Labute approximate surface area is 110 Å². The summed E-state index contributed by atoms with van der Waals surface area (Å²) < 4.78 is 5.45. The SMILES string of the molecule is N#Cc1ccc(N)c(Nc2coc3ccccc23)c1. The quantitative estimate of drug-likeness (QED) is 0.680. The highest BCUT2D eigenvalue weighted by atomic mass is 16.3. The molecule has 4 nitrogen and oxygen atoms in total. The van der Waals surface area contributed by atoms with Gasteiger partial charge in [-0.3, -0.25) is 0 Å². The molecule has 0 amide bonds. The van der Waals surface area contributed by atoms with E-state index in [9.17, 15) is 0 Å². The van der Waals surface area contributed by atoms with Crippen molar-refractivity contribution in [2.45, 2.75) is 0 Å². The highest BCUT2D eigenvalue weighted by Gasteiger charge is 2.07. The second-order valence-corrected chi connectivity index (χ2v) is 4.18. The fourth-order valence-corrected chi connectivity index (χ4v) is 1.95. The van der Waals surface area contributed by atoms with E-state index in [1.807, 2.05) is 24.3 Å². The van der Waals surface area contributed by atoms with Gasteiger partial charge in [0, 0.05) is 5.39 Å². The standard InChI is InChI=1S/C15H11N3O/c16-8-10-5-6-12(17)13(7-10)18-14-9-19-15-4-2-1-3-11(14)15/h1-7,9,18H,17H2. The molecule has 92 valence electrons. The lowest BCUT2D eigenvalue weighted by molar-refractivity contribution is 0.617. The molecule has 3 N–H and O–H groups in total. The zero-order valence-corrected chi connectivity index (χ0v) is 10.1. The van der Waals surface area contributed by atoms with E-state index in [2.05, 4.69) is 11.4 Å². The first-order valence-corrected chi connectivity index (χ1v) is 5.81. The molecule has 0 radical (unpaired) electrons. The summed E-state index contributed by atoms with van der Waals surface area (Å²) in [5, 5.41) is 13.1. The summed E-state index contributed by atoms with van der Waals surface area (Å²) in [4.78, 5) is 0. The number of rotatable bonds is 2. The number of benzene rings is 2. The molecule has 0 aliphatic rings. The number of nitriles is 1. The van der Waals surface area contributed by atoms with Crippen LogP contribution >= 0.6 is 0 Å². The van der Waals surface area contributed by atoms with E-state index in [0.29, 0.717) is 16.9 Å². The Morgan fingerprint density at radius 1 is 1.11 bits per heavy atom. The number of anilines is 3. The molecule has 1 heterocycles. The number of hydrogen-bond acceptors (Lipinski definition) is 4. The van der Waals surface area contributed by atoms with Crippen LogP contribution in [0.3, 0.4) is 0 Å². The maximum absolute atomic E-state index is 8.91. The molecule has 0 atom stereocenters. The summed E-state index contributed by atoms with van der Waals surface area (Å²) in [5.41, 5.74) is 9.39. The Kier molecular flexibility index (Phi) is 2.58. The van der Waals surface area contributed by atoms with Crippen LogP contribution in [0.4, 0.5) is 17.1 Å². The fraction of sp³-hybridized carbons (Fsp3) is 0. The minimum absolute atomic E-state index is 0.560. The van der Waals surface area contributed by atoms with E-state index in [4.69, 9.17) is 15.4 Å². The molecular weight excluding hydrogens is 238 g/mol. The van der Waals surface area contributed by atoms with Crippen LogP contribution in [0.5, 0.6) is 0 Å². The highest BCUT2D eigenvalue weighted by Crippen LogP contribution is 2.30. The van der Waals surface area contributed by atoms with Crippen LogP contribution in [0.25, 0.3) is 11.0 Å². The van der Waals surface area contributed by atoms with E-state index in [1.165, 1.54) is 0 Å². The van der Waals surface area contributed by atoms with Crippen molar-refractivity contribution in [3.05, 3.63) is 54.3 Å². The molecule has 0 spiro atoms. The van der Waals surface area contributed by atoms with Crippen LogP contribution in [0.2, 0.25) is 0 Å². The van der Waals surface area contributed by atoms with Gasteiger partial charge in [-0.15, -0.1) is 0 Å². The third-order valence-corrected chi connectivity index (χ3v) is 2.93. The van der Waals surface area contributed by atoms with Gasteiger partial charge in [0.25, 0.3) is 0 Å². The van der Waals surface area contributed by atoms with Crippen molar-refractivity contribution in [3.63, 3.8) is 0 Å². The third kappa shape index (κ3) is 1.98. The van der Waals surface area contributed by atoms with Gasteiger partial charge in [-0.25, -0.2) is 0 Å². The van der Waals surface area contributed by atoms with Gasteiger partial charge in [-0.1, -0.05) is 12.1 Å². The van der Waals surface area contributed by atoms with Crippen molar-refractivity contribution < 1.29 is 4.42 Å². The van der Waals surface area contributed by atoms with Crippen LogP contribution in [-0.2, 0) is 0 Å². The predicted molar refractivity (Wildman–Crippen MR) is 75.1 cm³/mol. The van der Waals surface area contributed by atoms with Gasteiger partial charge in [-0.2, -0.15) is 5.26 Å². The number of hydrogen-bond donors (Lipinski definition) is 2. The van der Waals surface area contributed by atoms with Crippen molar-refractivity contribution >= 4 is 28.0 Å². The van der Waals surface area contributed by atoms with E-state index < -0.39 is 0 Å². The van der Waals surface area contributed by atoms with Gasteiger partial charge in [0.1, 0.15) is 11.8 Å². The second kappa shape index (κ2) is 4.39. The molecule has 0 bridgehead atoms. The summed E-state index contributed by atoms with van der Waals surface area (Å²) in [7, 11) is 0. The normalized spacial score (nSPS) is 10.3. The van der Waals surface area contributed by atoms with Gasteiger partial charge >= 0.3 is 0 Å². The Morgan fingerprint density at radius 2 is 1.95 bits per heavy atom. The molecule has 0 saturated carbocycles. The lowest BCUT2D eigenvalue weighted by atomic mass is 10.1. The van der Waals surface area contributed by atoms with E-state index in [0.717, 1.165) is 16.7 Å². The van der Waals surface area contributed by atoms with Crippen LogP contribution < -0.4 is 11.1 Å². The molecule has 3 aromatic rings. The molecule has 2 aromatic carbocycles. The van der Waals surface area contributed by atoms with E-state index in [-0.39, 0.29) is 0 Å². The number of para-hydroxylation sites is 1. The molecule has 0 aliphatic heterocycles. The summed E-state index contributed by atoms with van der Waals surface area (Å²) in [6.45, 7) is 0. The van der Waals surface area contributed by atoms with Crippen LogP contribution in [-0.4, -0.2) is 0 Å². The molecule has 19 heavy (non-hydrogen) atoms. The molecule has 0 fully saturated rings. The van der Waals surface area contributed by atoms with Crippen molar-refractivity contribution in [1.82, 2.24) is 0 Å². The maximum atomic E-state index is 8.91. The molecule has 1 aromatic heterocycles. The average Bonchev–Trinajstić information content (AvgIpc) is 2.85. The largest absolute Gasteiger partial charge is 0.462 e. The first kappa shape index (κ1) is 11.2. The van der Waals surface area contributed by atoms with E-state index in [1.54, 1.807) is 24.5 Å². The average molecular weight is 249 g/mol. The van der Waals surface area contributed by atoms with Crippen LogP contribution in [0.1, 0.15) is 5.56 Å². The Bertz CT molecular complexity index is 783. The smallest absolute Gasteiger partial charge is 0.136 e. The minimum Gasteiger partial charge on any atom is -0.462 e. The van der Waals surface area contributed by atoms with Gasteiger partial charge in [0.05, 0.1) is 28.7 Å². The van der Waals surface area contributed by atoms with Gasteiger partial charge in [-0.05, 0) is 30.3 Å². The molecule has 0 aliphatic carbocycles. The van der Waals surface area contributed by atoms with E-state index >= 15 is 0 Å². The fourth-order valence-electron chi connectivity index (χ4n) is 1.95. The molecule has 0 unspecified atom stereocenters. The lowest BCUT2D eigenvalue weighted by Crippen LogP contribution is -1.96. The zero-order valence-electron chi connectivity index (χ0n) is 10.1. The molecule has 3 rings (SSSR count). The molecule has 4 heteroatoms. The number of nitrogens with one attached hydrogen (secondary N) is 1. The number of nitrogens with two attached hydrogens (primary N) is 1. The van der Waals surface area contributed by atoms with Crippen LogP contribution in [0.15, 0.2) is 53.1 Å². The van der Waals surface area contributed by atoms with Crippen LogP contribution in [0, 0.1) is 11.3 Å². The van der Waals surface area contributed by atoms with Crippen molar-refractivity contribution in [3.8, 4) is 6.07 Å². The summed E-state index contributed by atoms with van der Waals surface area (Å²) in [5.74, 6) is 0. The zero-order chi connectivity index (χ0) is 13.2. The Morgan fingerprint density at radius 3 is 2.79 bits per heavy atom. The monoisotopic (exact) mass is 249 g/mol. The lowest BCUT2D eigenvalue weighted by Gasteiger charge is -2.07. The summed E-state index contributed by atoms with van der Waals surface area (Å²) in [6.07, 6.45) is 1.64.